The minimum absolute atomic E-state index is 1.27. The quantitative estimate of drug-likeness (QED) is 0.226. The van der Waals surface area contributed by atoms with Crippen LogP contribution in [0.4, 0.5) is 0 Å². The van der Waals surface area contributed by atoms with E-state index in [4.69, 9.17) is 0 Å². The minimum atomic E-state index is 1.27. The van der Waals surface area contributed by atoms with E-state index in [2.05, 4.69) is 123 Å². The van der Waals surface area contributed by atoms with E-state index in [1.165, 1.54) is 60.0 Å². The summed E-state index contributed by atoms with van der Waals surface area (Å²) >= 11 is 0. The molecule has 0 N–H and O–H groups in total. The molecule has 0 atom stereocenters. The van der Waals surface area contributed by atoms with Gasteiger partial charge in [-0.1, -0.05) is 121 Å². The summed E-state index contributed by atoms with van der Waals surface area (Å²) in [5, 5.41) is 7.77. The molecule has 0 saturated carbocycles. The second-order valence-electron chi connectivity index (χ2n) is 8.24. The average Bonchev–Trinajstić information content (AvgIpc) is 2.82. The lowest BCUT2D eigenvalue weighted by molar-refractivity contribution is 1.68. The summed E-state index contributed by atoms with van der Waals surface area (Å²) in [4.78, 5) is 0. The van der Waals surface area contributed by atoms with E-state index < -0.39 is 0 Å². The Hall–Kier alpha value is -3.84. The molecule has 0 fully saturated rings. The molecular weight excluding hydrogens is 371 g/mol. The van der Waals surface area contributed by atoms with Crippen molar-refractivity contribution in [2.45, 2.75) is 0 Å². The number of rotatable bonds is 2. The molecule has 0 aliphatic rings. The first-order valence-corrected chi connectivity index (χ1v) is 10.8. The predicted octanol–water partition coefficient (Wildman–Crippen LogP) is 6.74. The fourth-order valence-electron chi connectivity index (χ4n) is 4.97. The van der Waals surface area contributed by atoms with Crippen molar-refractivity contribution in [1.29, 1.82) is 0 Å². The Morgan fingerprint density at radius 2 is 0.935 bits per heavy atom. The Morgan fingerprint density at radius 3 is 1.58 bits per heavy atom. The van der Waals surface area contributed by atoms with Gasteiger partial charge < -0.3 is 0 Å². The van der Waals surface area contributed by atoms with Crippen molar-refractivity contribution in [3.05, 3.63) is 115 Å². The van der Waals surface area contributed by atoms with E-state index in [0.29, 0.717) is 0 Å². The Bertz CT molecular complexity index is 1530. The van der Waals surface area contributed by atoms with Crippen LogP contribution in [-0.2, 0) is 0 Å². The zero-order valence-electron chi connectivity index (χ0n) is 17.5. The maximum Gasteiger partial charge on any atom is 0.139 e. The zero-order chi connectivity index (χ0) is 20.8. The summed E-state index contributed by atoms with van der Waals surface area (Å²) in [6.45, 7) is 0. The number of hydrogen-bond acceptors (Lipinski definition) is 0. The van der Waals surface area contributed by atoms with Crippen LogP contribution in [0, 0.1) is 0 Å². The van der Waals surface area contributed by atoms with Crippen LogP contribution in [0.3, 0.4) is 0 Å². The van der Waals surface area contributed by atoms with Gasteiger partial charge in [-0.3, -0.25) is 0 Å². The maximum absolute atomic E-state index is 2.30. The third kappa shape index (κ3) is 2.85. The van der Waals surface area contributed by atoms with E-state index in [1.807, 2.05) is 0 Å². The smallest absolute Gasteiger partial charge is 0.0884 e. The highest BCUT2D eigenvalue weighted by atomic mass is 14.2. The molecule has 0 saturated heterocycles. The molecule has 144 valence electrons. The van der Waals surface area contributed by atoms with Gasteiger partial charge in [0.1, 0.15) is 7.85 Å². The van der Waals surface area contributed by atoms with Gasteiger partial charge in [-0.2, -0.15) is 0 Å². The van der Waals surface area contributed by atoms with Gasteiger partial charge in [0.25, 0.3) is 0 Å². The lowest BCUT2D eigenvalue weighted by Crippen LogP contribution is -2.01. The van der Waals surface area contributed by atoms with E-state index >= 15 is 0 Å². The summed E-state index contributed by atoms with van der Waals surface area (Å²) in [5.74, 6) is 0. The molecule has 6 rings (SSSR count). The molecule has 0 nitrogen and oxygen atoms in total. The molecule has 0 bridgehead atoms. The lowest BCUT2D eigenvalue weighted by Gasteiger charge is -2.19. The largest absolute Gasteiger partial charge is 0.139 e. The highest BCUT2D eigenvalue weighted by Crippen LogP contribution is 2.44. The summed E-state index contributed by atoms with van der Waals surface area (Å²) < 4.78 is 0. The van der Waals surface area contributed by atoms with Gasteiger partial charge >= 0.3 is 0 Å². The molecule has 0 spiro atoms. The van der Waals surface area contributed by atoms with Crippen LogP contribution in [0.2, 0.25) is 0 Å². The molecule has 1 heteroatoms. The van der Waals surface area contributed by atoms with Gasteiger partial charge in [0, 0.05) is 0 Å². The van der Waals surface area contributed by atoms with Gasteiger partial charge in [0.05, 0.1) is 0 Å². The minimum Gasteiger partial charge on any atom is -0.0884 e. The number of fused-ring (bicyclic) bond motifs is 3. The van der Waals surface area contributed by atoms with Gasteiger partial charge in [-0.15, -0.1) is 0 Å². The fourth-order valence-corrected chi connectivity index (χ4v) is 4.97. The van der Waals surface area contributed by atoms with Gasteiger partial charge in [0.15, 0.2) is 0 Å². The first-order chi connectivity index (χ1) is 15.3. The highest BCUT2D eigenvalue weighted by Gasteiger charge is 2.17. The van der Waals surface area contributed by atoms with Crippen LogP contribution >= 0.6 is 0 Å². The van der Waals surface area contributed by atoms with Crippen molar-refractivity contribution in [3.8, 4) is 22.3 Å². The third-order valence-corrected chi connectivity index (χ3v) is 6.30. The zero-order valence-corrected chi connectivity index (χ0v) is 17.5. The SMILES string of the molecule is Bc1cccc(-c2c3ccccc3c(-c3cccc4ccccc34)c3ccccc23)c1. The third-order valence-electron chi connectivity index (χ3n) is 6.30. The highest BCUT2D eigenvalue weighted by molar-refractivity contribution is 6.33. The molecular formula is C30H21B. The van der Waals surface area contributed by atoms with Gasteiger partial charge in [-0.25, -0.2) is 0 Å². The Kier molecular flexibility index (Phi) is 4.14. The second-order valence-corrected chi connectivity index (χ2v) is 8.24. The Balaban J connectivity index is 1.84. The molecule has 6 aromatic rings. The molecule has 0 aliphatic heterocycles. The molecule has 0 heterocycles. The normalized spacial score (nSPS) is 11.4. The first-order valence-electron chi connectivity index (χ1n) is 10.8. The van der Waals surface area contributed by atoms with Crippen LogP contribution in [-0.4, -0.2) is 7.85 Å². The summed E-state index contributed by atoms with van der Waals surface area (Å²) in [5.41, 5.74) is 6.49. The summed E-state index contributed by atoms with van der Waals surface area (Å²) in [6, 6.07) is 41.9. The predicted molar refractivity (Wildman–Crippen MR) is 138 cm³/mol. The number of benzene rings is 6. The van der Waals surface area contributed by atoms with E-state index in [1.54, 1.807) is 0 Å². The van der Waals surface area contributed by atoms with Crippen LogP contribution in [0.15, 0.2) is 115 Å². The lowest BCUT2D eigenvalue weighted by atomic mass is 9.83. The van der Waals surface area contributed by atoms with E-state index in [0.717, 1.165) is 0 Å². The van der Waals surface area contributed by atoms with Crippen LogP contribution in [0.1, 0.15) is 0 Å². The molecule has 0 amide bonds. The average molecular weight is 392 g/mol. The molecule has 31 heavy (non-hydrogen) atoms. The van der Waals surface area contributed by atoms with Gasteiger partial charge in [-0.05, 0) is 54.6 Å². The summed E-state index contributed by atoms with van der Waals surface area (Å²) in [7, 11) is 2.17. The first kappa shape index (κ1) is 18.0. The summed E-state index contributed by atoms with van der Waals surface area (Å²) in [6.07, 6.45) is 0. The van der Waals surface area contributed by atoms with Crippen molar-refractivity contribution in [2.75, 3.05) is 0 Å². The van der Waals surface area contributed by atoms with E-state index in [9.17, 15) is 0 Å². The van der Waals surface area contributed by atoms with Crippen molar-refractivity contribution in [2.24, 2.45) is 0 Å². The molecule has 0 aromatic heterocycles. The Morgan fingerprint density at radius 1 is 0.419 bits per heavy atom. The standard InChI is InChI=1S/C30H21B/c31-22-12-7-11-21(19-22)29-25-14-3-5-16-27(25)30(28-17-6-4-15-26(28)29)24-18-8-10-20-9-1-2-13-23(20)24/h1-19H,31H2. The van der Waals surface area contributed by atoms with Crippen LogP contribution < -0.4 is 5.46 Å². The second kappa shape index (κ2) is 7.14. The van der Waals surface area contributed by atoms with Crippen LogP contribution in [0.5, 0.6) is 0 Å². The van der Waals surface area contributed by atoms with Crippen molar-refractivity contribution in [3.63, 3.8) is 0 Å². The monoisotopic (exact) mass is 392 g/mol. The van der Waals surface area contributed by atoms with Crippen molar-refractivity contribution >= 4 is 45.6 Å². The fraction of sp³-hybridized carbons (Fsp3) is 0. The maximum atomic E-state index is 2.30. The topological polar surface area (TPSA) is 0 Å². The van der Waals surface area contributed by atoms with Crippen molar-refractivity contribution < 1.29 is 0 Å². The molecule has 0 radical (unpaired) electrons. The number of hydrogen-bond donors (Lipinski definition) is 0. The molecule has 0 unspecified atom stereocenters. The van der Waals surface area contributed by atoms with Crippen molar-refractivity contribution in [1.82, 2.24) is 0 Å². The molecule has 0 aliphatic carbocycles. The Labute approximate surface area is 183 Å². The van der Waals surface area contributed by atoms with Gasteiger partial charge in [0.2, 0.25) is 0 Å². The molecule has 6 aromatic carbocycles. The van der Waals surface area contributed by atoms with Crippen LogP contribution in [0.25, 0.3) is 54.6 Å². The van der Waals surface area contributed by atoms with E-state index in [-0.39, 0.29) is 0 Å².